The van der Waals surface area contributed by atoms with Gasteiger partial charge in [0.25, 0.3) is 0 Å². The van der Waals surface area contributed by atoms with E-state index in [-0.39, 0.29) is 24.5 Å². The van der Waals surface area contributed by atoms with Crippen LogP contribution in [0.1, 0.15) is 6.42 Å². The molecule has 3 aromatic rings. The molecule has 1 aliphatic rings. The van der Waals surface area contributed by atoms with E-state index in [0.29, 0.717) is 59.6 Å². The van der Waals surface area contributed by atoms with Gasteiger partial charge in [-0.3, -0.25) is 9.48 Å². The van der Waals surface area contributed by atoms with E-state index < -0.39 is 0 Å². The van der Waals surface area contributed by atoms with Gasteiger partial charge in [-0.2, -0.15) is 15.1 Å². The zero-order chi connectivity index (χ0) is 23.4. The first-order valence-electron chi connectivity index (χ1n) is 10.4. The Labute approximate surface area is 195 Å². The van der Waals surface area contributed by atoms with E-state index >= 15 is 0 Å². The molecule has 2 atom stereocenters. The second-order valence-electron chi connectivity index (χ2n) is 7.58. The molecule has 0 aromatic carbocycles. The van der Waals surface area contributed by atoms with Gasteiger partial charge in [0.15, 0.2) is 0 Å². The fourth-order valence-electron chi connectivity index (χ4n) is 3.75. The molecule has 0 spiro atoms. The van der Waals surface area contributed by atoms with E-state index in [4.69, 9.17) is 27.5 Å². The lowest BCUT2D eigenvalue weighted by Crippen LogP contribution is -2.28. The van der Waals surface area contributed by atoms with Crippen LogP contribution in [0.15, 0.2) is 31.2 Å². The van der Waals surface area contributed by atoms with Crippen molar-refractivity contribution in [1.29, 1.82) is 0 Å². The molecule has 2 N–H and O–H groups in total. The summed E-state index contributed by atoms with van der Waals surface area (Å²) in [5.74, 6) is 3.07. The molecule has 0 saturated carbocycles. The number of hydrogen-bond donors (Lipinski definition) is 2. The molecule has 4 heterocycles. The predicted octanol–water partition coefficient (Wildman–Crippen LogP) is 2.61. The number of fused-ring (bicyclic) bond motifs is 1. The maximum absolute atomic E-state index is 12.0. The molecular formula is C22H24ClN7O3. The zero-order valence-corrected chi connectivity index (χ0v) is 18.9. The third kappa shape index (κ3) is 4.94. The molecule has 10 nitrogen and oxygen atoms in total. The maximum Gasteiger partial charge on any atom is 0.246 e. The molecule has 4 rings (SSSR count). The number of aromatic nitrogens is 5. The van der Waals surface area contributed by atoms with E-state index in [1.54, 1.807) is 29.1 Å². The number of anilines is 2. The average Bonchev–Trinajstić information content (AvgIpc) is 3.54. The lowest BCUT2D eigenvalue weighted by atomic mass is 10.1. The Bertz CT molecular complexity index is 1200. The molecule has 0 bridgehead atoms. The van der Waals surface area contributed by atoms with Crippen LogP contribution in [0.4, 0.5) is 11.6 Å². The number of ether oxygens (including phenoxy) is 2. The highest BCUT2D eigenvalue weighted by Crippen LogP contribution is 2.32. The number of nitrogens with zero attached hydrogens (tertiary/aromatic N) is 5. The van der Waals surface area contributed by atoms with Crippen LogP contribution in [0, 0.1) is 18.3 Å². The van der Waals surface area contributed by atoms with Gasteiger partial charge in [-0.15, -0.1) is 12.3 Å². The maximum atomic E-state index is 12.0. The average molecular weight is 470 g/mol. The lowest BCUT2D eigenvalue weighted by molar-refractivity contribution is -0.125. The van der Waals surface area contributed by atoms with Crippen molar-refractivity contribution in [3.05, 3.63) is 36.3 Å². The smallest absolute Gasteiger partial charge is 0.246 e. The van der Waals surface area contributed by atoms with Crippen molar-refractivity contribution in [1.82, 2.24) is 29.6 Å². The van der Waals surface area contributed by atoms with Crippen molar-refractivity contribution in [2.24, 2.45) is 5.92 Å². The summed E-state index contributed by atoms with van der Waals surface area (Å²) in [7, 11) is 1.62. The first-order chi connectivity index (χ1) is 16.0. The van der Waals surface area contributed by atoms with Crippen molar-refractivity contribution in [3.63, 3.8) is 0 Å². The Balaban J connectivity index is 1.52. The molecule has 1 saturated heterocycles. The van der Waals surface area contributed by atoms with Crippen LogP contribution in [-0.4, -0.2) is 68.4 Å². The number of aryl methyl sites for hydroxylation is 1. The van der Waals surface area contributed by atoms with Crippen molar-refractivity contribution in [2.75, 3.05) is 32.1 Å². The third-order valence-corrected chi connectivity index (χ3v) is 5.73. The molecule has 1 amide bonds. The molecule has 0 aliphatic carbocycles. The highest BCUT2D eigenvalue weighted by molar-refractivity contribution is 6.35. The van der Waals surface area contributed by atoms with Gasteiger partial charge < -0.3 is 24.7 Å². The Hall–Kier alpha value is -3.55. The minimum absolute atomic E-state index is 0.0348. The zero-order valence-electron chi connectivity index (χ0n) is 18.1. The number of likely N-dealkylation sites (tertiary alicyclic amines) is 1. The van der Waals surface area contributed by atoms with Crippen LogP contribution in [0.25, 0.3) is 11.0 Å². The number of halogens is 1. The monoisotopic (exact) mass is 469 g/mol. The minimum Gasteiger partial charge on any atom is -0.477 e. The van der Waals surface area contributed by atoms with Crippen molar-refractivity contribution < 1.29 is 14.3 Å². The Morgan fingerprint density at radius 3 is 3.09 bits per heavy atom. The van der Waals surface area contributed by atoms with Gasteiger partial charge in [0.2, 0.25) is 17.7 Å². The van der Waals surface area contributed by atoms with Gasteiger partial charge in [0.05, 0.1) is 41.5 Å². The van der Waals surface area contributed by atoms with Crippen LogP contribution >= 0.6 is 11.6 Å². The minimum atomic E-state index is -0.153. The molecular weight excluding hydrogens is 446 g/mol. The molecule has 11 heteroatoms. The Morgan fingerprint density at radius 2 is 2.33 bits per heavy atom. The first-order valence-corrected chi connectivity index (χ1v) is 10.7. The lowest BCUT2D eigenvalue weighted by Gasteiger charge is -2.17. The number of carbonyl (C=O) groups is 1. The van der Waals surface area contributed by atoms with Crippen molar-refractivity contribution >= 4 is 40.2 Å². The summed E-state index contributed by atoms with van der Waals surface area (Å²) in [5.41, 5.74) is 1.24. The van der Waals surface area contributed by atoms with E-state index in [0.717, 1.165) is 0 Å². The SMILES string of the molecule is C#CCCn1cc(Nc2nc(OC[C@H]3CN(C(=O)C=C)C[C@@H]3OC)c3c(Cl)c[nH]c3n2)cn1. The van der Waals surface area contributed by atoms with Gasteiger partial charge in [-0.05, 0) is 6.08 Å². The number of nitrogens with one attached hydrogen (secondary N) is 2. The first kappa shape index (κ1) is 22.6. The Kier molecular flexibility index (Phi) is 6.82. The quantitative estimate of drug-likeness (QED) is 0.366. The van der Waals surface area contributed by atoms with Gasteiger partial charge >= 0.3 is 0 Å². The van der Waals surface area contributed by atoms with E-state index in [9.17, 15) is 4.79 Å². The van der Waals surface area contributed by atoms with Crippen LogP contribution in [-0.2, 0) is 16.1 Å². The fourth-order valence-corrected chi connectivity index (χ4v) is 3.97. The standard InChI is InChI=1S/C22H24ClN7O3/c1-4-6-7-30-11-15(8-25-30)26-22-27-20-19(16(23)9-24-20)21(28-22)33-13-14-10-29(18(31)5-2)12-17(14)32-3/h1,5,8-9,11,14,17H,2,6-7,10,12-13H2,3H3,(H2,24,26,27,28)/t14-,17+/m1/s1. The van der Waals surface area contributed by atoms with Gasteiger partial charge in [-0.25, -0.2) is 0 Å². The highest BCUT2D eigenvalue weighted by atomic mass is 35.5. The normalized spacial score (nSPS) is 17.8. The van der Waals surface area contributed by atoms with Crippen LogP contribution in [0.2, 0.25) is 5.02 Å². The van der Waals surface area contributed by atoms with Crippen molar-refractivity contribution in [3.8, 4) is 18.2 Å². The van der Waals surface area contributed by atoms with Crippen molar-refractivity contribution in [2.45, 2.75) is 19.1 Å². The topological polar surface area (TPSA) is 110 Å². The number of terminal acetylenes is 1. The largest absolute Gasteiger partial charge is 0.477 e. The second-order valence-corrected chi connectivity index (χ2v) is 7.98. The van der Waals surface area contributed by atoms with E-state index in [1.165, 1.54) is 6.08 Å². The van der Waals surface area contributed by atoms with Gasteiger partial charge in [-0.1, -0.05) is 18.2 Å². The Morgan fingerprint density at radius 1 is 1.48 bits per heavy atom. The van der Waals surface area contributed by atoms with Crippen LogP contribution in [0.3, 0.4) is 0 Å². The molecule has 172 valence electrons. The summed E-state index contributed by atoms with van der Waals surface area (Å²) in [6.45, 7) is 5.44. The van der Waals surface area contributed by atoms with Crippen LogP contribution in [0.5, 0.6) is 5.88 Å². The summed E-state index contributed by atoms with van der Waals surface area (Å²) < 4.78 is 13.4. The molecule has 0 unspecified atom stereocenters. The summed E-state index contributed by atoms with van der Waals surface area (Å²) in [6, 6.07) is 0. The van der Waals surface area contributed by atoms with Gasteiger partial charge in [0, 0.05) is 44.9 Å². The number of rotatable bonds is 9. The van der Waals surface area contributed by atoms with E-state index in [2.05, 4.69) is 37.9 Å². The fraction of sp³-hybridized carbons (Fsp3) is 0.364. The molecule has 0 radical (unpaired) electrons. The second kappa shape index (κ2) is 9.94. The number of carbonyl (C=O) groups excluding carboxylic acids is 1. The summed E-state index contributed by atoms with van der Waals surface area (Å²) in [5, 5.41) is 8.43. The number of aromatic amines is 1. The van der Waals surface area contributed by atoms with Gasteiger partial charge in [0.1, 0.15) is 5.65 Å². The number of hydrogen-bond acceptors (Lipinski definition) is 7. The third-order valence-electron chi connectivity index (χ3n) is 5.43. The summed E-state index contributed by atoms with van der Waals surface area (Å²) in [4.78, 5) is 25.7. The predicted molar refractivity (Wildman–Crippen MR) is 124 cm³/mol. The molecule has 1 aliphatic heterocycles. The molecule has 3 aromatic heterocycles. The molecule has 33 heavy (non-hydrogen) atoms. The van der Waals surface area contributed by atoms with E-state index in [1.807, 2.05) is 6.20 Å². The molecule has 1 fully saturated rings. The highest BCUT2D eigenvalue weighted by Gasteiger charge is 2.35. The summed E-state index contributed by atoms with van der Waals surface area (Å²) >= 11 is 6.35. The number of amides is 1. The van der Waals surface area contributed by atoms with Crippen LogP contribution < -0.4 is 10.1 Å². The number of H-pyrrole nitrogens is 1. The number of methoxy groups -OCH3 is 1. The summed E-state index contributed by atoms with van der Waals surface area (Å²) in [6.07, 6.45) is 12.2.